The number of hydrogen-bond acceptors (Lipinski definition) is 2. The molecule has 0 aromatic heterocycles. The monoisotopic (exact) mass is 222 g/mol. The van der Waals surface area contributed by atoms with Gasteiger partial charge in [-0.05, 0) is 33.3 Å². The molecule has 16 heavy (non-hydrogen) atoms. The molecule has 0 atom stereocenters. The van der Waals surface area contributed by atoms with Crippen LogP contribution >= 0.6 is 0 Å². The van der Waals surface area contributed by atoms with Gasteiger partial charge >= 0.3 is 0 Å². The van der Waals surface area contributed by atoms with E-state index in [-0.39, 0.29) is 5.60 Å². The van der Waals surface area contributed by atoms with Gasteiger partial charge in [-0.25, -0.2) is 0 Å². The van der Waals surface area contributed by atoms with Gasteiger partial charge in [0.15, 0.2) is 0 Å². The molecule has 0 unspecified atom stereocenters. The maximum absolute atomic E-state index is 9.77. The minimum absolute atomic E-state index is 0.311. The minimum Gasteiger partial charge on any atom is -0.390 e. The Morgan fingerprint density at radius 2 is 1.62 bits per heavy atom. The number of aliphatic hydroxyl groups is 1. The van der Waals surface area contributed by atoms with Crippen molar-refractivity contribution in [3.63, 3.8) is 0 Å². The van der Waals surface area contributed by atoms with Gasteiger partial charge in [-0.1, -0.05) is 30.3 Å². The maximum Gasteiger partial charge on any atom is 0.0724 e. The van der Waals surface area contributed by atoms with Crippen molar-refractivity contribution in [1.29, 1.82) is 0 Å². The molecule has 1 rings (SSSR count). The summed E-state index contributed by atoms with van der Waals surface area (Å²) in [7, 11) is 0. The van der Waals surface area contributed by atoms with Gasteiger partial charge in [0.25, 0.3) is 0 Å². The van der Waals surface area contributed by atoms with E-state index in [4.69, 9.17) is 4.74 Å². The molecule has 1 N–H and O–H groups in total. The summed E-state index contributed by atoms with van der Waals surface area (Å²) in [6.45, 7) is 8.22. The highest BCUT2D eigenvalue weighted by Gasteiger charge is 2.27. The SMILES string of the molecule is CC(C)(O)CC(C)(C)OCc1ccccc1. The molecule has 0 aliphatic heterocycles. The Morgan fingerprint density at radius 3 is 2.12 bits per heavy atom. The molecule has 0 heterocycles. The average molecular weight is 222 g/mol. The van der Waals surface area contributed by atoms with Crippen molar-refractivity contribution in [1.82, 2.24) is 0 Å². The topological polar surface area (TPSA) is 29.5 Å². The number of benzene rings is 1. The van der Waals surface area contributed by atoms with Gasteiger partial charge in [0, 0.05) is 6.42 Å². The Bertz CT molecular complexity index is 309. The first-order valence-corrected chi connectivity index (χ1v) is 5.69. The van der Waals surface area contributed by atoms with Gasteiger partial charge in [-0.3, -0.25) is 0 Å². The summed E-state index contributed by atoms with van der Waals surface area (Å²) in [5.41, 5.74) is 0.153. The Kier molecular flexibility index (Phi) is 4.11. The summed E-state index contributed by atoms with van der Waals surface area (Å²) in [6, 6.07) is 10.1. The van der Waals surface area contributed by atoms with Gasteiger partial charge in [0.1, 0.15) is 0 Å². The zero-order valence-corrected chi connectivity index (χ0v) is 10.7. The average Bonchev–Trinajstić information content (AvgIpc) is 2.13. The first-order valence-electron chi connectivity index (χ1n) is 5.69. The van der Waals surface area contributed by atoms with Crippen LogP contribution in [0.25, 0.3) is 0 Å². The van der Waals surface area contributed by atoms with E-state index in [0.717, 1.165) is 5.56 Å². The molecule has 1 aromatic rings. The number of hydrogen-bond donors (Lipinski definition) is 1. The molecular formula is C14H22O2. The predicted molar refractivity (Wildman–Crippen MR) is 66.2 cm³/mol. The van der Waals surface area contributed by atoms with Crippen LogP contribution in [0.4, 0.5) is 0 Å². The summed E-state index contributed by atoms with van der Waals surface area (Å²) in [6.07, 6.45) is 0.618. The summed E-state index contributed by atoms with van der Waals surface area (Å²) in [5.74, 6) is 0. The molecule has 2 heteroatoms. The Balaban J connectivity index is 2.48. The van der Waals surface area contributed by atoms with Gasteiger partial charge in [-0.15, -0.1) is 0 Å². The lowest BCUT2D eigenvalue weighted by molar-refractivity contribution is -0.0808. The zero-order chi connectivity index (χ0) is 12.2. The van der Waals surface area contributed by atoms with Crippen LogP contribution in [0.1, 0.15) is 39.7 Å². The molecule has 0 saturated carbocycles. The van der Waals surface area contributed by atoms with Crippen molar-refractivity contribution < 1.29 is 9.84 Å². The third kappa shape index (κ3) is 5.29. The van der Waals surface area contributed by atoms with Crippen molar-refractivity contribution in [3.8, 4) is 0 Å². The van der Waals surface area contributed by atoms with Crippen molar-refractivity contribution in [3.05, 3.63) is 35.9 Å². The van der Waals surface area contributed by atoms with Gasteiger partial charge in [0.2, 0.25) is 0 Å². The molecule has 0 spiro atoms. The Morgan fingerprint density at radius 1 is 1.06 bits per heavy atom. The van der Waals surface area contributed by atoms with E-state index < -0.39 is 5.60 Å². The molecular weight excluding hydrogens is 200 g/mol. The maximum atomic E-state index is 9.77. The highest BCUT2D eigenvalue weighted by molar-refractivity contribution is 5.13. The zero-order valence-electron chi connectivity index (χ0n) is 10.7. The highest BCUT2D eigenvalue weighted by Crippen LogP contribution is 2.24. The van der Waals surface area contributed by atoms with Crippen LogP contribution in [0.2, 0.25) is 0 Å². The smallest absolute Gasteiger partial charge is 0.0724 e. The van der Waals surface area contributed by atoms with Crippen molar-refractivity contribution >= 4 is 0 Å². The summed E-state index contributed by atoms with van der Waals surface area (Å²) in [4.78, 5) is 0. The van der Waals surface area contributed by atoms with Crippen LogP contribution in [0.5, 0.6) is 0 Å². The van der Waals surface area contributed by atoms with Crippen LogP contribution in [-0.2, 0) is 11.3 Å². The lowest BCUT2D eigenvalue weighted by Crippen LogP contribution is -2.35. The summed E-state index contributed by atoms with van der Waals surface area (Å²) >= 11 is 0. The Labute approximate surface area is 98.3 Å². The number of rotatable bonds is 5. The fraction of sp³-hybridized carbons (Fsp3) is 0.571. The van der Waals surface area contributed by atoms with E-state index in [0.29, 0.717) is 13.0 Å². The van der Waals surface area contributed by atoms with Crippen molar-refractivity contribution in [2.24, 2.45) is 0 Å². The van der Waals surface area contributed by atoms with Gasteiger partial charge < -0.3 is 9.84 Å². The lowest BCUT2D eigenvalue weighted by Gasteiger charge is -2.31. The predicted octanol–water partition coefficient (Wildman–Crippen LogP) is 3.14. The molecule has 0 fully saturated rings. The second-order valence-electron chi connectivity index (χ2n) is 5.52. The van der Waals surface area contributed by atoms with Crippen LogP contribution in [0.15, 0.2) is 30.3 Å². The van der Waals surface area contributed by atoms with Crippen LogP contribution in [0, 0.1) is 0 Å². The standard InChI is InChI=1S/C14H22O2/c1-13(2,15)11-14(3,4)16-10-12-8-6-5-7-9-12/h5-9,15H,10-11H2,1-4H3. The summed E-state index contributed by atoms with van der Waals surface area (Å²) in [5, 5.41) is 9.77. The molecule has 0 saturated heterocycles. The second-order valence-corrected chi connectivity index (χ2v) is 5.52. The van der Waals surface area contributed by atoms with Crippen LogP contribution < -0.4 is 0 Å². The lowest BCUT2D eigenvalue weighted by atomic mass is 9.92. The normalized spacial score (nSPS) is 12.8. The largest absolute Gasteiger partial charge is 0.390 e. The van der Waals surface area contributed by atoms with E-state index in [1.807, 2.05) is 44.2 Å². The van der Waals surface area contributed by atoms with E-state index in [2.05, 4.69) is 0 Å². The molecule has 0 amide bonds. The van der Waals surface area contributed by atoms with Crippen LogP contribution in [0.3, 0.4) is 0 Å². The molecule has 0 aliphatic rings. The third-order valence-electron chi connectivity index (χ3n) is 2.33. The highest BCUT2D eigenvalue weighted by atomic mass is 16.5. The minimum atomic E-state index is -0.694. The molecule has 0 bridgehead atoms. The van der Waals surface area contributed by atoms with Crippen molar-refractivity contribution in [2.75, 3.05) is 0 Å². The quantitative estimate of drug-likeness (QED) is 0.829. The first kappa shape index (κ1) is 13.2. The second kappa shape index (κ2) is 4.98. The van der Waals surface area contributed by atoms with Gasteiger partial charge in [0.05, 0.1) is 17.8 Å². The van der Waals surface area contributed by atoms with E-state index in [1.54, 1.807) is 13.8 Å². The molecule has 90 valence electrons. The molecule has 2 nitrogen and oxygen atoms in total. The van der Waals surface area contributed by atoms with Gasteiger partial charge in [-0.2, -0.15) is 0 Å². The molecule has 1 aromatic carbocycles. The third-order valence-corrected chi connectivity index (χ3v) is 2.33. The van der Waals surface area contributed by atoms with E-state index >= 15 is 0 Å². The Hall–Kier alpha value is -0.860. The van der Waals surface area contributed by atoms with E-state index in [9.17, 15) is 5.11 Å². The first-order chi connectivity index (χ1) is 7.29. The van der Waals surface area contributed by atoms with Crippen LogP contribution in [-0.4, -0.2) is 16.3 Å². The molecule has 0 aliphatic carbocycles. The fourth-order valence-corrected chi connectivity index (χ4v) is 1.95. The fourth-order valence-electron chi connectivity index (χ4n) is 1.95. The number of ether oxygens (including phenoxy) is 1. The van der Waals surface area contributed by atoms with Crippen molar-refractivity contribution in [2.45, 2.75) is 51.9 Å². The van der Waals surface area contributed by atoms with E-state index in [1.165, 1.54) is 0 Å². The summed E-state index contributed by atoms with van der Waals surface area (Å²) < 4.78 is 5.83. The molecule has 0 radical (unpaired) electrons.